The fourth-order valence-corrected chi connectivity index (χ4v) is 2.37. The van der Waals surface area contributed by atoms with Crippen LogP contribution in [0.2, 0.25) is 0 Å². The molecule has 0 heterocycles. The first-order chi connectivity index (χ1) is 9.57. The van der Waals surface area contributed by atoms with Crippen LogP contribution in [0, 0.1) is 5.92 Å². The lowest BCUT2D eigenvalue weighted by Gasteiger charge is -2.29. The van der Waals surface area contributed by atoms with Gasteiger partial charge in [0, 0.05) is 5.69 Å². The van der Waals surface area contributed by atoms with E-state index in [1.807, 2.05) is 38.1 Å². The zero-order valence-electron chi connectivity index (χ0n) is 12.4. The van der Waals surface area contributed by atoms with Crippen LogP contribution in [0.1, 0.15) is 33.1 Å². The van der Waals surface area contributed by atoms with Crippen molar-refractivity contribution in [1.82, 2.24) is 0 Å². The van der Waals surface area contributed by atoms with Crippen LogP contribution in [0.4, 0.5) is 5.69 Å². The van der Waals surface area contributed by atoms with E-state index in [1.165, 1.54) is 12.8 Å². The summed E-state index contributed by atoms with van der Waals surface area (Å²) in [5, 5.41) is 3.33. The summed E-state index contributed by atoms with van der Waals surface area (Å²) in [6.07, 6.45) is 3.23. The summed E-state index contributed by atoms with van der Waals surface area (Å²) >= 11 is 0. The summed E-state index contributed by atoms with van der Waals surface area (Å²) < 4.78 is 10.4. The highest BCUT2D eigenvalue weighted by atomic mass is 16.5. The van der Waals surface area contributed by atoms with Crippen LogP contribution < -0.4 is 10.1 Å². The molecule has 1 aromatic rings. The summed E-state index contributed by atoms with van der Waals surface area (Å²) in [5.74, 6) is 1.26. The van der Waals surface area contributed by atoms with Crippen LogP contribution in [-0.4, -0.2) is 25.2 Å². The Morgan fingerprint density at radius 3 is 2.50 bits per heavy atom. The quantitative estimate of drug-likeness (QED) is 0.777. The first-order valence-corrected chi connectivity index (χ1v) is 7.17. The van der Waals surface area contributed by atoms with Crippen molar-refractivity contribution in [1.29, 1.82) is 0 Å². The molecule has 0 spiro atoms. The zero-order valence-corrected chi connectivity index (χ0v) is 12.4. The lowest BCUT2D eigenvalue weighted by Crippen LogP contribution is -2.45. The Hall–Kier alpha value is -1.71. The predicted octanol–water partition coefficient (Wildman–Crippen LogP) is 3.23. The molecule has 1 atom stereocenters. The SMILES string of the molecule is CCOC(=O)C(C)(CC1CC1)Nc1ccc(OC)cc1. The van der Waals surface area contributed by atoms with Crippen LogP contribution in [0.5, 0.6) is 5.75 Å². The van der Waals surface area contributed by atoms with Crippen molar-refractivity contribution in [3.05, 3.63) is 24.3 Å². The number of hydrogen-bond acceptors (Lipinski definition) is 4. The molecule has 1 N–H and O–H groups in total. The molecule has 0 amide bonds. The fraction of sp³-hybridized carbons (Fsp3) is 0.562. The summed E-state index contributed by atoms with van der Waals surface area (Å²) in [4.78, 5) is 12.2. The first-order valence-electron chi connectivity index (χ1n) is 7.17. The molecule has 4 heteroatoms. The second kappa shape index (κ2) is 6.16. The van der Waals surface area contributed by atoms with E-state index >= 15 is 0 Å². The number of ether oxygens (including phenoxy) is 2. The Morgan fingerprint density at radius 1 is 1.35 bits per heavy atom. The average Bonchev–Trinajstić information content (AvgIpc) is 3.23. The van der Waals surface area contributed by atoms with Gasteiger partial charge in [-0.05, 0) is 50.5 Å². The Labute approximate surface area is 120 Å². The Balaban J connectivity index is 2.10. The third-order valence-corrected chi connectivity index (χ3v) is 3.63. The Bertz CT molecular complexity index is 453. The lowest BCUT2D eigenvalue weighted by atomic mass is 9.94. The van der Waals surface area contributed by atoms with E-state index < -0.39 is 5.54 Å². The molecular formula is C16H23NO3. The number of hydrogen-bond donors (Lipinski definition) is 1. The molecule has 0 radical (unpaired) electrons. The molecule has 1 saturated carbocycles. The predicted molar refractivity (Wildman–Crippen MR) is 79.0 cm³/mol. The minimum Gasteiger partial charge on any atom is -0.497 e. The van der Waals surface area contributed by atoms with Crippen LogP contribution >= 0.6 is 0 Å². The molecular weight excluding hydrogens is 254 g/mol. The number of carbonyl (C=O) groups excluding carboxylic acids is 1. The summed E-state index contributed by atoms with van der Waals surface area (Å²) in [6, 6.07) is 7.60. The van der Waals surface area contributed by atoms with Gasteiger partial charge in [0.25, 0.3) is 0 Å². The summed E-state index contributed by atoms with van der Waals surface area (Å²) in [5.41, 5.74) is 0.244. The number of rotatable bonds is 7. The molecule has 1 aliphatic rings. The van der Waals surface area contributed by atoms with Gasteiger partial charge in [-0.15, -0.1) is 0 Å². The maximum absolute atomic E-state index is 12.2. The molecule has 0 aliphatic heterocycles. The minimum atomic E-state index is -0.661. The largest absolute Gasteiger partial charge is 0.497 e. The molecule has 2 rings (SSSR count). The van der Waals surface area contributed by atoms with Gasteiger partial charge in [-0.2, -0.15) is 0 Å². The number of benzene rings is 1. The monoisotopic (exact) mass is 277 g/mol. The zero-order chi connectivity index (χ0) is 14.6. The second-order valence-corrected chi connectivity index (χ2v) is 5.55. The molecule has 110 valence electrons. The van der Waals surface area contributed by atoms with Gasteiger partial charge in [-0.3, -0.25) is 0 Å². The molecule has 0 bridgehead atoms. The average molecular weight is 277 g/mol. The highest BCUT2D eigenvalue weighted by Crippen LogP contribution is 2.38. The van der Waals surface area contributed by atoms with Crippen molar-refractivity contribution in [3.8, 4) is 5.75 Å². The third-order valence-electron chi connectivity index (χ3n) is 3.63. The van der Waals surface area contributed by atoms with Gasteiger partial charge in [-0.25, -0.2) is 4.79 Å². The molecule has 1 aromatic carbocycles. The minimum absolute atomic E-state index is 0.178. The molecule has 0 aromatic heterocycles. The highest BCUT2D eigenvalue weighted by Gasteiger charge is 2.40. The van der Waals surface area contributed by atoms with Gasteiger partial charge < -0.3 is 14.8 Å². The van der Waals surface area contributed by atoms with E-state index in [4.69, 9.17) is 9.47 Å². The Morgan fingerprint density at radius 2 is 2.00 bits per heavy atom. The van der Waals surface area contributed by atoms with Gasteiger partial charge in [0.2, 0.25) is 0 Å². The van der Waals surface area contributed by atoms with Crippen molar-refractivity contribution in [3.63, 3.8) is 0 Å². The van der Waals surface area contributed by atoms with Crippen LogP contribution in [-0.2, 0) is 9.53 Å². The molecule has 20 heavy (non-hydrogen) atoms. The topological polar surface area (TPSA) is 47.6 Å². The molecule has 1 unspecified atom stereocenters. The van der Waals surface area contributed by atoms with E-state index in [1.54, 1.807) is 7.11 Å². The lowest BCUT2D eigenvalue weighted by molar-refractivity contribution is -0.148. The smallest absolute Gasteiger partial charge is 0.331 e. The van der Waals surface area contributed by atoms with Gasteiger partial charge in [-0.1, -0.05) is 12.8 Å². The first kappa shape index (κ1) is 14.7. The number of anilines is 1. The van der Waals surface area contributed by atoms with Crippen molar-refractivity contribution in [2.45, 2.75) is 38.6 Å². The maximum Gasteiger partial charge on any atom is 0.331 e. The van der Waals surface area contributed by atoms with Crippen molar-refractivity contribution in [2.24, 2.45) is 5.92 Å². The van der Waals surface area contributed by atoms with E-state index in [2.05, 4.69) is 5.32 Å². The van der Waals surface area contributed by atoms with Crippen molar-refractivity contribution < 1.29 is 14.3 Å². The number of esters is 1. The molecule has 0 saturated heterocycles. The van der Waals surface area contributed by atoms with Gasteiger partial charge in [0.05, 0.1) is 13.7 Å². The Kier molecular flexibility index (Phi) is 4.53. The third kappa shape index (κ3) is 3.65. The number of nitrogens with one attached hydrogen (secondary N) is 1. The van der Waals surface area contributed by atoms with Gasteiger partial charge in [0.1, 0.15) is 11.3 Å². The van der Waals surface area contributed by atoms with E-state index in [0.717, 1.165) is 17.9 Å². The molecule has 1 fully saturated rings. The molecule has 1 aliphatic carbocycles. The van der Waals surface area contributed by atoms with E-state index in [9.17, 15) is 4.79 Å². The van der Waals surface area contributed by atoms with Gasteiger partial charge in [0.15, 0.2) is 0 Å². The number of methoxy groups -OCH3 is 1. The summed E-state index contributed by atoms with van der Waals surface area (Å²) in [7, 11) is 1.64. The highest BCUT2D eigenvalue weighted by molar-refractivity contribution is 5.84. The maximum atomic E-state index is 12.2. The van der Waals surface area contributed by atoms with Crippen LogP contribution in [0.25, 0.3) is 0 Å². The standard InChI is InChI=1S/C16H23NO3/c1-4-20-15(18)16(2,11-12-5-6-12)17-13-7-9-14(19-3)10-8-13/h7-10,12,17H,4-6,11H2,1-3H3. The van der Waals surface area contributed by atoms with E-state index in [-0.39, 0.29) is 5.97 Å². The van der Waals surface area contributed by atoms with Gasteiger partial charge >= 0.3 is 5.97 Å². The van der Waals surface area contributed by atoms with Crippen molar-refractivity contribution in [2.75, 3.05) is 19.0 Å². The van der Waals surface area contributed by atoms with Crippen molar-refractivity contribution >= 4 is 11.7 Å². The molecule has 4 nitrogen and oxygen atoms in total. The number of carbonyl (C=O) groups is 1. The fourth-order valence-electron chi connectivity index (χ4n) is 2.37. The summed E-state index contributed by atoms with van der Waals surface area (Å²) in [6.45, 7) is 4.17. The normalized spacial score (nSPS) is 17.1. The van der Waals surface area contributed by atoms with Crippen LogP contribution in [0.3, 0.4) is 0 Å². The van der Waals surface area contributed by atoms with Crippen LogP contribution in [0.15, 0.2) is 24.3 Å². The van der Waals surface area contributed by atoms with E-state index in [0.29, 0.717) is 12.5 Å². The second-order valence-electron chi connectivity index (χ2n) is 5.55.